The third kappa shape index (κ3) is 3.45. The van der Waals surface area contributed by atoms with Gasteiger partial charge in [-0.1, -0.05) is 34.1 Å². The zero-order chi connectivity index (χ0) is 12.3. The summed E-state index contributed by atoms with van der Waals surface area (Å²) < 4.78 is 18.2. The van der Waals surface area contributed by atoms with Gasteiger partial charge in [-0.05, 0) is 18.6 Å². The molecule has 2 nitrogen and oxygen atoms in total. The Morgan fingerprint density at radius 2 is 2.18 bits per heavy atom. The Bertz CT molecular complexity index is 377. The molecule has 1 saturated heterocycles. The lowest BCUT2D eigenvalue weighted by molar-refractivity contribution is 0.0501. The second kappa shape index (κ2) is 5.87. The van der Waals surface area contributed by atoms with Crippen molar-refractivity contribution in [3.8, 4) is 0 Å². The number of carbonyl (C=O) groups excluding carboxylic acids is 1. The predicted molar refractivity (Wildman–Crippen MR) is 70.3 cm³/mol. The van der Waals surface area contributed by atoms with E-state index in [0.717, 1.165) is 0 Å². The van der Waals surface area contributed by atoms with Gasteiger partial charge in [0.1, 0.15) is 12.8 Å². The largest absolute Gasteiger partial charge is 0.461 e. The van der Waals surface area contributed by atoms with E-state index in [1.54, 1.807) is 24.3 Å². The molecule has 0 spiro atoms. The molecule has 1 aromatic rings. The zero-order valence-corrected chi connectivity index (χ0v) is 11.4. The summed E-state index contributed by atoms with van der Waals surface area (Å²) in [6, 6.07) is 8.82. The van der Waals surface area contributed by atoms with E-state index in [1.807, 2.05) is 6.07 Å². The van der Waals surface area contributed by atoms with Crippen LogP contribution in [0.15, 0.2) is 30.3 Å². The van der Waals surface area contributed by atoms with Crippen molar-refractivity contribution in [1.82, 2.24) is 0 Å². The van der Waals surface area contributed by atoms with Gasteiger partial charge < -0.3 is 4.74 Å². The number of carbonyl (C=O) groups is 1. The Balaban J connectivity index is 1.81. The Morgan fingerprint density at radius 3 is 2.76 bits per heavy atom. The summed E-state index contributed by atoms with van der Waals surface area (Å²) in [5.74, 6) is -0.348. The first kappa shape index (κ1) is 12.9. The van der Waals surface area contributed by atoms with E-state index < -0.39 is 6.17 Å². The lowest BCUT2D eigenvalue weighted by Crippen LogP contribution is -2.15. The van der Waals surface area contributed by atoms with Crippen molar-refractivity contribution in [3.05, 3.63) is 35.9 Å². The van der Waals surface area contributed by atoms with Crippen LogP contribution in [0.3, 0.4) is 0 Å². The van der Waals surface area contributed by atoms with E-state index in [0.29, 0.717) is 12.0 Å². The Labute approximate surface area is 112 Å². The fourth-order valence-corrected chi connectivity index (χ4v) is 3.84. The number of hydrogen-bond acceptors (Lipinski definition) is 3. The van der Waals surface area contributed by atoms with E-state index in [4.69, 9.17) is 4.74 Å². The van der Waals surface area contributed by atoms with Gasteiger partial charge in [0.15, 0.2) is 0 Å². The van der Waals surface area contributed by atoms with Crippen LogP contribution in [0.5, 0.6) is 0 Å². The Hall–Kier alpha value is -0.550. The lowest BCUT2D eigenvalue weighted by atomic mass is 10.2. The van der Waals surface area contributed by atoms with Crippen LogP contribution >= 0.6 is 27.7 Å². The SMILES string of the molecule is O=C(OC[C@@H]1C[C@H](F)C(Br)S1)c1ccccc1. The van der Waals surface area contributed by atoms with Crippen LogP contribution < -0.4 is 0 Å². The third-order valence-electron chi connectivity index (χ3n) is 2.50. The van der Waals surface area contributed by atoms with Crippen molar-refractivity contribution in [3.63, 3.8) is 0 Å². The Morgan fingerprint density at radius 1 is 1.47 bits per heavy atom. The smallest absolute Gasteiger partial charge is 0.338 e. The molecule has 0 amide bonds. The summed E-state index contributed by atoms with van der Waals surface area (Å²) in [5.41, 5.74) is 0.530. The van der Waals surface area contributed by atoms with Crippen molar-refractivity contribution in [2.75, 3.05) is 6.61 Å². The van der Waals surface area contributed by atoms with Crippen molar-refractivity contribution in [1.29, 1.82) is 0 Å². The summed E-state index contributed by atoms with van der Waals surface area (Å²) in [6.45, 7) is 0.265. The van der Waals surface area contributed by atoms with E-state index in [-0.39, 0.29) is 22.0 Å². The molecule has 0 aromatic heterocycles. The maximum atomic E-state index is 13.2. The number of alkyl halides is 2. The van der Waals surface area contributed by atoms with E-state index >= 15 is 0 Å². The van der Waals surface area contributed by atoms with Gasteiger partial charge in [0.05, 0.1) is 9.72 Å². The molecule has 0 bridgehead atoms. The monoisotopic (exact) mass is 318 g/mol. The maximum absolute atomic E-state index is 13.2. The van der Waals surface area contributed by atoms with Crippen LogP contribution in [-0.4, -0.2) is 28.2 Å². The zero-order valence-electron chi connectivity index (χ0n) is 9.01. The number of hydrogen-bond donors (Lipinski definition) is 0. The fourth-order valence-electron chi connectivity index (χ4n) is 1.62. The minimum Gasteiger partial charge on any atom is -0.461 e. The number of esters is 1. The van der Waals surface area contributed by atoms with Gasteiger partial charge in [-0.25, -0.2) is 9.18 Å². The fraction of sp³-hybridized carbons (Fsp3) is 0.417. The second-order valence-electron chi connectivity index (χ2n) is 3.83. The van der Waals surface area contributed by atoms with Gasteiger partial charge in [-0.15, -0.1) is 11.8 Å². The van der Waals surface area contributed by atoms with Crippen LogP contribution in [0.4, 0.5) is 4.39 Å². The van der Waals surface area contributed by atoms with Gasteiger partial charge >= 0.3 is 5.97 Å². The Kier molecular flexibility index (Phi) is 4.45. The number of benzene rings is 1. The van der Waals surface area contributed by atoms with Gasteiger partial charge in [0.2, 0.25) is 0 Å². The van der Waals surface area contributed by atoms with E-state index in [9.17, 15) is 9.18 Å². The third-order valence-corrected chi connectivity index (χ3v) is 4.99. The second-order valence-corrected chi connectivity index (χ2v) is 6.86. The summed E-state index contributed by atoms with van der Waals surface area (Å²) in [6.07, 6.45) is -0.428. The van der Waals surface area contributed by atoms with Gasteiger partial charge in [0, 0.05) is 5.25 Å². The molecule has 1 fully saturated rings. The first-order chi connectivity index (χ1) is 8.16. The first-order valence-corrected chi connectivity index (χ1v) is 7.18. The van der Waals surface area contributed by atoms with Crippen LogP contribution in [-0.2, 0) is 4.74 Å². The predicted octanol–water partition coefficient (Wildman–Crippen LogP) is 3.41. The molecule has 0 radical (unpaired) electrons. The molecule has 5 heteroatoms. The van der Waals surface area contributed by atoms with E-state index in [2.05, 4.69) is 15.9 Å². The maximum Gasteiger partial charge on any atom is 0.338 e. The molecule has 1 aliphatic heterocycles. The molecule has 3 atom stereocenters. The first-order valence-electron chi connectivity index (χ1n) is 5.32. The standard InChI is InChI=1S/C12H12BrFO2S/c13-11-10(14)6-9(17-11)7-16-12(15)8-4-2-1-3-5-8/h1-5,9-11H,6-7H2/t9-,10-,11?/m0/s1. The van der Waals surface area contributed by atoms with Crippen LogP contribution in [0, 0.1) is 0 Å². The number of halogens is 2. The van der Waals surface area contributed by atoms with Crippen LogP contribution in [0.25, 0.3) is 0 Å². The van der Waals surface area contributed by atoms with Crippen LogP contribution in [0.1, 0.15) is 16.8 Å². The van der Waals surface area contributed by atoms with E-state index in [1.165, 1.54) is 11.8 Å². The van der Waals surface area contributed by atoms with Crippen molar-refractivity contribution in [2.24, 2.45) is 0 Å². The average molecular weight is 319 g/mol. The average Bonchev–Trinajstić information content (AvgIpc) is 2.67. The quantitative estimate of drug-likeness (QED) is 0.631. The van der Waals surface area contributed by atoms with Crippen molar-refractivity contribution in [2.45, 2.75) is 22.0 Å². The molecule has 17 heavy (non-hydrogen) atoms. The molecule has 0 aliphatic carbocycles. The summed E-state index contributed by atoms with van der Waals surface area (Å²) in [5, 5.41) is 0.0436. The molecular weight excluding hydrogens is 307 g/mol. The van der Waals surface area contributed by atoms with Crippen molar-refractivity contribution >= 4 is 33.7 Å². The molecule has 1 aliphatic rings. The van der Waals surface area contributed by atoms with Crippen molar-refractivity contribution < 1.29 is 13.9 Å². The van der Waals surface area contributed by atoms with Crippen LogP contribution in [0.2, 0.25) is 0 Å². The van der Waals surface area contributed by atoms with Gasteiger partial charge in [-0.3, -0.25) is 0 Å². The molecule has 2 rings (SSSR count). The van der Waals surface area contributed by atoms with Gasteiger partial charge in [0.25, 0.3) is 0 Å². The summed E-state index contributed by atoms with van der Waals surface area (Å²) >= 11 is 4.72. The highest BCUT2D eigenvalue weighted by molar-refractivity contribution is 9.11. The molecule has 1 aromatic carbocycles. The highest BCUT2D eigenvalue weighted by Gasteiger charge is 2.33. The number of thioether (sulfide) groups is 1. The molecule has 1 heterocycles. The lowest BCUT2D eigenvalue weighted by Gasteiger charge is -2.09. The number of rotatable bonds is 3. The minimum atomic E-state index is -0.861. The molecule has 0 saturated carbocycles. The highest BCUT2D eigenvalue weighted by Crippen LogP contribution is 2.39. The molecule has 1 unspecified atom stereocenters. The highest BCUT2D eigenvalue weighted by atomic mass is 79.9. The molecule has 92 valence electrons. The number of ether oxygens (including phenoxy) is 1. The topological polar surface area (TPSA) is 26.3 Å². The summed E-state index contributed by atoms with van der Waals surface area (Å²) in [7, 11) is 0. The van der Waals surface area contributed by atoms with Gasteiger partial charge in [-0.2, -0.15) is 0 Å². The summed E-state index contributed by atoms with van der Waals surface area (Å²) in [4.78, 5) is 11.6. The molecular formula is C12H12BrFO2S. The molecule has 0 N–H and O–H groups in total. The minimum absolute atomic E-state index is 0.0436. The normalized spacial score (nSPS) is 28.0.